The van der Waals surface area contributed by atoms with Crippen molar-refractivity contribution in [2.45, 2.75) is 43.9 Å². The number of benzene rings is 2. The molecular formula is C32H30N4. The van der Waals surface area contributed by atoms with E-state index < -0.39 is 5.41 Å². The number of hydrogen-bond acceptors (Lipinski definition) is 3. The van der Waals surface area contributed by atoms with Crippen LogP contribution in [-0.4, -0.2) is 20.2 Å². The quantitative estimate of drug-likeness (QED) is 0.305. The zero-order valence-electron chi connectivity index (χ0n) is 20.8. The summed E-state index contributed by atoms with van der Waals surface area (Å²) in [6, 6.07) is 33.6. The highest BCUT2D eigenvalue weighted by Crippen LogP contribution is 2.44. The smallest absolute Gasteiger partial charge is 0.114 e. The van der Waals surface area contributed by atoms with Crippen LogP contribution < -0.4 is 0 Å². The summed E-state index contributed by atoms with van der Waals surface area (Å²) in [6.45, 7) is 4.60. The zero-order valence-corrected chi connectivity index (χ0v) is 20.8. The van der Waals surface area contributed by atoms with Crippen LogP contribution in [-0.2, 0) is 17.3 Å². The first-order valence-electron chi connectivity index (χ1n) is 12.7. The molecule has 0 amide bonds. The second-order valence-corrected chi connectivity index (χ2v) is 10.3. The highest BCUT2D eigenvalue weighted by molar-refractivity contribution is 5.64. The SMILES string of the molecule is CC1(C)CCCc2c(-c3cccc(C(c4ccccc4)(c4ccccc4)c4ccccn4)n3)n[nH]c21. The molecule has 1 aliphatic carbocycles. The van der Waals surface area contributed by atoms with Gasteiger partial charge in [-0.15, -0.1) is 0 Å². The Labute approximate surface area is 212 Å². The van der Waals surface area contributed by atoms with Gasteiger partial charge in [-0.05, 0) is 54.7 Å². The Morgan fingerprint density at radius 2 is 1.42 bits per heavy atom. The van der Waals surface area contributed by atoms with Crippen LogP contribution >= 0.6 is 0 Å². The fraction of sp³-hybridized carbons (Fsp3) is 0.219. The Hall–Kier alpha value is -4.05. The van der Waals surface area contributed by atoms with Gasteiger partial charge in [0.2, 0.25) is 0 Å². The molecule has 0 fully saturated rings. The number of aromatic amines is 1. The lowest BCUT2D eigenvalue weighted by Gasteiger charge is -2.34. The Morgan fingerprint density at radius 3 is 2.08 bits per heavy atom. The number of nitrogens with zero attached hydrogens (tertiary/aromatic N) is 3. The van der Waals surface area contributed by atoms with Gasteiger partial charge in [0.1, 0.15) is 11.1 Å². The summed E-state index contributed by atoms with van der Waals surface area (Å²) in [5.41, 5.74) is 7.98. The van der Waals surface area contributed by atoms with Gasteiger partial charge in [-0.2, -0.15) is 5.10 Å². The third-order valence-electron chi connectivity index (χ3n) is 7.61. The highest BCUT2D eigenvalue weighted by Gasteiger charge is 2.41. The Balaban J connectivity index is 1.62. The van der Waals surface area contributed by atoms with Crippen LogP contribution in [0.2, 0.25) is 0 Å². The lowest BCUT2D eigenvalue weighted by molar-refractivity contribution is 0.420. The van der Waals surface area contributed by atoms with Crippen LogP contribution in [0.5, 0.6) is 0 Å². The standard InChI is InChI=1S/C32H30N4/c1-31(2)21-12-17-25-29(35-36-30(25)31)26-18-11-20-28(34-26)32(23-13-5-3-6-14-23,24-15-7-4-8-16-24)27-19-9-10-22-33-27/h3-11,13-16,18-20,22H,12,17,21H2,1-2H3,(H,35,36). The van der Waals surface area contributed by atoms with Crippen molar-refractivity contribution in [1.82, 2.24) is 20.2 Å². The summed E-state index contributed by atoms with van der Waals surface area (Å²) in [5, 5.41) is 8.17. The van der Waals surface area contributed by atoms with E-state index in [1.807, 2.05) is 12.3 Å². The summed E-state index contributed by atoms with van der Waals surface area (Å²) >= 11 is 0. The summed E-state index contributed by atoms with van der Waals surface area (Å²) < 4.78 is 0. The molecular weight excluding hydrogens is 440 g/mol. The first-order chi connectivity index (χ1) is 17.6. The molecule has 4 nitrogen and oxygen atoms in total. The number of rotatable bonds is 5. The number of nitrogens with one attached hydrogen (secondary N) is 1. The fourth-order valence-corrected chi connectivity index (χ4v) is 5.84. The number of aromatic nitrogens is 4. The molecule has 3 heterocycles. The lowest BCUT2D eigenvalue weighted by atomic mass is 9.69. The van der Waals surface area contributed by atoms with Gasteiger partial charge in [-0.3, -0.25) is 10.1 Å². The topological polar surface area (TPSA) is 54.5 Å². The van der Waals surface area contributed by atoms with Gasteiger partial charge in [-0.25, -0.2) is 4.98 Å². The van der Waals surface area contributed by atoms with Crippen molar-refractivity contribution in [3.05, 3.63) is 137 Å². The third-order valence-corrected chi connectivity index (χ3v) is 7.61. The van der Waals surface area contributed by atoms with E-state index in [-0.39, 0.29) is 5.41 Å². The first-order valence-corrected chi connectivity index (χ1v) is 12.7. The van der Waals surface area contributed by atoms with Crippen molar-refractivity contribution in [2.75, 3.05) is 0 Å². The van der Waals surface area contributed by atoms with Gasteiger partial charge in [0.05, 0.1) is 17.1 Å². The minimum absolute atomic E-state index is 0.0994. The van der Waals surface area contributed by atoms with Crippen LogP contribution in [0.15, 0.2) is 103 Å². The molecule has 0 spiro atoms. The van der Waals surface area contributed by atoms with Crippen LogP contribution in [0.3, 0.4) is 0 Å². The van der Waals surface area contributed by atoms with Crippen molar-refractivity contribution in [1.29, 1.82) is 0 Å². The Kier molecular flexibility index (Phi) is 5.52. The molecule has 3 aromatic heterocycles. The zero-order chi connectivity index (χ0) is 24.6. The van der Waals surface area contributed by atoms with Crippen LogP contribution in [0, 0.1) is 0 Å². The summed E-state index contributed by atoms with van der Waals surface area (Å²) in [4.78, 5) is 10.3. The molecule has 178 valence electrons. The molecule has 1 aliphatic rings. The predicted octanol–water partition coefficient (Wildman–Crippen LogP) is 6.86. The largest absolute Gasteiger partial charge is 0.281 e. The molecule has 36 heavy (non-hydrogen) atoms. The second-order valence-electron chi connectivity index (χ2n) is 10.3. The second kappa shape index (κ2) is 8.87. The van der Waals surface area contributed by atoms with E-state index in [0.29, 0.717) is 0 Å². The average Bonchev–Trinajstić information content (AvgIpc) is 3.37. The van der Waals surface area contributed by atoms with Crippen molar-refractivity contribution in [3.63, 3.8) is 0 Å². The molecule has 6 rings (SSSR count). The maximum absolute atomic E-state index is 5.35. The molecule has 1 N–H and O–H groups in total. The maximum Gasteiger partial charge on any atom is 0.114 e. The van der Waals surface area contributed by atoms with E-state index in [1.165, 1.54) is 17.7 Å². The van der Waals surface area contributed by atoms with Crippen LogP contribution in [0.4, 0.5) is 0 Å². The molecule has 0 atom stereocenters. The molecule has 0 saturated heterocycles. The lowest BCUT2D eigenvalue weighted by Crippen LogP contribution is -2.33. The number of H-pyrrole nitrogens is 1. The minimum Gasteiger partial charge on any atom is -0.281 e. The van der Waals surface area contributed by atoms with Crippen molar-refractivity contribution >= 4 is 0 Å². The molecule has 0 bridgehead atoms. The summed E-state index contributed by atoms with van der Waals surface area (Å²) in [6.07, 6.45) is 5.23. The number of fused-ring (bicyclic) bond motifs is 1. The van der Waals surface area contributed by atoms with Gasteiger partial charge in [-0.1, -0.05) is 86.6 Å². The van der Waals surface area contributed by atoms with E-state index in [0.717, 1.165) is 46.7 Å². The predicted molar refractivity (Wildman–Crippen MR) is 144 cm³/mol. The molecule has 2 aromatic carbocycles. The van der Waals surface area contributed by atoms with Crippen molar-refractivity contribution in [3.8, 4) is 11.4 Å². The Morgan fingerprint density at radius 1 is 0.750 bits per heavy atom. The van der Waals surface area contributed by atoms with Crippen LogP contribution in [0.1, 0.15) is 60.5 Å². The van der Waals surface area contributed by atoms with Gasteiger partial charge in [0, 0.05) is 22.9 Å². The molecule has 0 radical (unpaired) electrons. The van der Waals surface area contributed by atoms with Crippen LogP contribution in [0.25, 0.3) is 11.4 Å². The number of pyridine rings is 2. The summed E-state index contributed by atoms with van der Waals surface area (Å²) in [5.74, 6) is 0. The van der Waals surface area contributed by atoms with Gasteiger partial charge >= 0.3 is 0 Å². The summed E-state index contributed by atoms with van der Waals surface area (Å²) in [7, 11) is 0. The van der Waals surface area contributed by atoms with Gasteiger partial charge < -0.3 is 0 Å². The normalized spacial score (nSPS) is 14.8. The maximum atomic E-state index is 5.35. The number of hydrogen-bond donors (Lipinski definition) is 1. The first kappa shape index (κ1) is 22.4. The average molecular weight is 471 g/mol. The molecule has 0 saturated carbocycles. The van der Waals surface area contributed by atoms with E-state index in [9.17, 15) is 0 Å². The monoisotopic (exact) mass is 470 g/mol. The van der Waals surface area contributed by atoms with Gasteiger partial charge in [0.25, 0.3) is 0 Å². The van der Waals surface area contributed by atoms with Gasteiger partial charge in [0.15, 0.2) is 0 Å². The van der Waals surface area contributed by atoms with Crippen molar-refractivity contribution in [2.24, 2.45) is 0 Å². The highest BCUT2D eigenvalue weighted by atomic mass is 15.1. The molecule has 0 unspecified atom stereocenters. The van der Waals surface area contributed by atoms with E-state index >= 15 is 0 Å². The fourth-order valence-electron chi connectivity index (χ4n) is 5.84. The van der Waals surface area contributed by atoms with E-state index in [1.54, 1.807) is 0 Å². The van der Waals surface area contributed by atoms with E-state index in [2.05, 4.69) is 110 Å². The molecule has 5 aromatic rings. The van der Waals surface area contributed by atoms with Crippen molar-refractivity contribution < 1.29 is 0 Å². The molecule has 4 heteroatoms. The minimum atomic E-state index is -0.671. The third kappa shape index (κ3) is 3.56. The molecule has 0 aliphatic heterocycles. The Bertz CT molecular complexity index is 1370. The van der Waals surface area contributed by atoms with E-state index in [4.69, 9.17) is 15.1 Å².